The van der Waals surface area contributed by atoms with E-state index in [4.69, 9.17) is 28.3 Å². The van der Waals surface area contributed by atoms with Gasteiger partial charge in [0.05, 0.1) is 22.6 Å². The lowest BCUT2D eigenvalue weighted by atomic mass is 10.2. The molecule has 0 amide bonds. The van der Waals surface area contributed by atoms with E-state index < -0.39 is 5.97 Å². The average Bonchev–Trinajstić information content (AvgIpc) is 2.36. The Labute approximate surface area is 120 Å². The number of carboxylic acid groups (broad SMARTS) is 1. The molecule has 98 valence electrons. The van der Waals surface area contributed by atoms with E-state index in [0.29, 0.717) is 21.4 Å². The van der Waals surface area contributed by atoms with Crippen LogP contribution in [0.1, 0.15) is 16.1 Å². The number of halogens is 2. The van der Waals surface area contributed by atoms with Crippen molar-refractivity contribution in [1.82, 2.24) is 4.98 Å². The third-order valence-electron chi connectivity index (χ3n) is 2.51. The van der Waals surface area contributed by atoms with Gasteiger partial charge in [0, 0.05) is 5.02 Å². The molecular formula is C13H10Cl2N2O2. The van der Waals surface area contributed by atoms with Gasteiger partial charge in [-0.3, -0.25) is 0 Å². The molecule has 0 atom stereocenters. The number of aromatic carboxylic acids is 1. The first-order chi connectivity index (χ1) is 8.97. The Morgan fingerprint density at radius 3 is 2.58 bits per heavy atom. The van der Waals surface area contributed by atoms with Crippen LogP contribution < -0.4 is 5.32 Å². The second kappa shape index (κ2) is 5.47. The van der Waals surface area contributed by atoms with Gasteiger partial charge in [0.2, 0.25) is 0 Å². The zero-order valence-corrected chi connectivity index (χ0v) is 11.5. The Morgan fingerprint density at radius 2 is 2.00 bits per heavy atom. The quantitative estimate of drug-likeness (QED) is 0.893. The maximum absolute atomic E-state index is 10.7. The molecule has 0 saturated carbocycles. The first kappa shape index (κ1) is 13.6. The van der Waals surface area contributed by atoms with Gasteiger partial charge in [0.1, 0.15) is 5.69 Å². The van der Waals surface area contributed by atoms with E-state index in [0.717, 1.165) is 5.56 Å². The van der Waals surface area contributed by atoms with Gasteiger partial charge >= 0.3 is 5.97 Å². The van der Waals surface area contributed by atoms with Crippen molar-refractivity contribution < 1.29 is 9.90 Å². The zero-order chi connectivity index (χ0) is 14.0. The molecule has 19 heavy (non-hydrogen) atoms. The number of aryl methyl sites for hydroxylation is 1. The minimum atomic E-state index is -1.07. The van der Waals surface area contributed by atoms with Crippen LogP contribution in [0, 0.1) is 6.92 Å². The van der Waals surface area contributed by atoms with E-state index in [2.05, 4.69) is 10.3 Å². The summed E-state index contributed by atoms with van der Waals surface area (Å²) in [5.41, 5.74) is 2.14. The number of carbonyl (C=O) groups is 1. The molecule has 0 saturated heterocycles. The van der Waals surface area contributed by atoms with Crippen LogP contribution in [0.25, 0.3) is 0 Å². The van der Waals surface area contributed by atoms with Crippen LogP contribution in [0.2, 0.25) is 10.0 Å². The Balaban J connectivity index is 2.26. The lowest BCUT2D eigenvalue weighted by Crippen LogP contribution is -2.00. The van der Waals surface area contributed by atoms with Crippen LogP contribution in [-0.2, 0) is 0 Å². The zero-order valence-electron chi connectivity index (χ0n) is 9.95. The van der Waals surface area contributed by atoms with Gasteiger partial charge in [0.15, 0.2) is 0 Å². The molecule has 1 aromatic carbocycles. The number of pyridine rings is 1. The highest BCUT2D eigenvalue weighted by molar-refractivity contribution is 6.35. The number of aromatic nitrogens is 1. The summed E-state index contributed by atoms with van der Waals surface area (Å²) in [5, 5.41) is 12.9. The van der Waals surface area contributed by atoms with Gasteiger partial charge in [-0.2, -0.15) is 0 Å². The largest absolute Gasteiger partial charge is 0.477 e. The monoisotopic (exact) mass is 296 g/mol. The maximum Gasteiger partial charge on any atom is 0.354 e. The molecule has 0 spiro atoms. The molecular weight excluding hydrogens is 287 g/mol. The summed E-state index contributed by atoms with van der Waals surface area (Å²) in [5.74, 6) is -1.07. The van der Waals surface area contributed by atoms with Crippen LogP contribution in [0.15, 0.2) is 30.5 Å². The van der Waals surface area contributed by atoms with Gasteiger partial charge in [-0.05, 0) is 36.8 Å². The number of nitrogens with one attached hydrogen (secondary N) is 1. The Kier molecular flexibility index (Phi) is 3.93. The lowest BCUT2D eigenvalue weighted by molar-refractivity contribution is 0.0690. The van der Waals surface area contributed by atoms with E-state index in [-0.39, 0.29) is 5.69 Å². The molecule has 0 aliphatic rings. The van der Waals surface area contributed by atoms with Gasteiger partial charge in [-0.1, -0.05) is 23.2 Å². The first-order valence-corrected chi connectivity index (χ1v) is 6.15. The number of hydrogen-bond acceptors (Lipinski definition) is 3. The fraction of sp³-hybridized carbons (Fsp3) is 0.0769. The molecule has 0 radical (unpaired) electrons. The van der Waals surface area contributed by atoms with Gasteiger partial charge in [-0.15, -0.1) is 0 Å². The highest BCUT2D eigenvalue weighted by Gasteiger charge is 2.07. The second-order valence-corrected chi connectivity index (χ2v) is 4.76. The van der Waals surface area contributed by atoms with Crippen molar-refractivity contribution in [2.75, 3.05) is 5.32 Å². The van der Waals surface area contributed by atoms with Crippen molar-refractivity contribution in [2.45, 2.75) is 6.92 Å². The van der Waals surface area contributed by atoms with Crippen LogP contribution in [-0.4, -0.2) is 16.1 Å². The standard InChI is InChI=1S/C13H10Cl2N2O2/c1-7-4-10(15)12(5-9(7)14)17-8-2-3-11(13(18)19)16-6-8/h2-6,17H,1H3,(H,18,19). The van der Waals surface area contributed by atoms with E-state index in [1.165, 1.54) is 12.3 Å². The predicted octanol–water partition coefficient (Wildman–Crippen LogP) is 4.14. The third-order valence-corrected chi connectivity index (χ3v) is 3.23. The molecule has 0 unspecified atom stereocenters. The molecule has 0 aliphatic heterocycles. The minimum Gasteiger partial charge on any atom is -0.477 e. The molecule has 6 heteroatoms. The lowest BCUT2D eigenvalue weighted by Gasteiger charge is -2.10. The number of anilines is 2. The normalized spacial score (nSPS) is 10.3. The summed E-state index contributed by atoms with van der Waals surface area (Å²) in [7, 11) is 0. The highest BCUT2D eigenvalue weighted by Crippen LogP contribution is 2.30. The van der Waals surface area contributed by atoms with Crippen molar-refractivity contribution >= 4 is 40.5 Å². The number of benzene rings is 1. The number of rotatable bonds is 3. The Morgan fingerprint density at radius 1 is 1.26 bits per heavy atom. The van der Waals surface area contributed by atoms with E-state index in [9.17, 15) is 4.79 Å². The van der Waals surface area contributed by atoms with E-state index >= 15 is 0 Å². The van der Waals surface area contributed by atoms with Crippen molar-refractivity contribution in [2.24, 2.45) is 0 Å². The fourth-order valence-electron chi connectivity index (χ4n) is 1.49. The summed E-state index contributed by atoms with van der Waals surface area (Å²) in [6.45, 7) is 1.86. The molecule has 4 nitrogen and oxygen atoms in total. The topological polar surface area (TPSA) is 62.2 Å². The Hall–Kier alpha value is -1.78. The first-order valence-electron chi connectivity index (χ1n) is 5.39. The van der Waals surface area contributed by atoms with Crippen LogP contribution in [0.3, 0.4) is 0 Å². The van der Waals surface area contributed by atoms with Crippen molar-refractivity contribution in [3.63, 3.8) is 0 Å². The minimum absolute atomic E-state index is 0.0152. The summed E-state index contributed by atoms with van der Waals surface area (Å²) in [6, 6.07) is 6.49. The molecule has 0 fully saturated rings. The average molecular weight is 297 g/mol. The molecule has 2 aromatic rings. The highest BCUT2D eigenvalue weighted by atomic mass is 35.5. The predicted molar refractivity (Wildman–Crippen MR) is 75.7 cm³/mol. The number of carboxylic acids is 1. The smallest absolute Gasteiger partial charge is 0.354 e. The molecule has 0 bridgehead atoms. The summed E-state index contributed by atoms with van der Waals surface area (Å²) in [4.78, 5) is 14.5. The van der Waals surface area contributed by atoms with E-state index in [1.807, 2.05) is 6.92 Å². The molecule has 2 N–H and O–H groups in total. The van der Waals surface area contributed by atoms with Crippen molar-refractivity contribution in [3.05, 3.63) is 51.8 Å². The number of hydrogen-bond donors (Lipinski definition) is 2. The van der Waals surface area contributed by atoms with Crippen LogP contribution in [0.4, 0.5) is 11.4 Å². The molecule has 1 heterocycles. The van der Waals surface area contributed by atoms with Gasteiger partial charge in [-0.25, -0.2) is 9.78 Å². The third kappa shape index (κ3) is 3.16. The van der Waals surface area contributed by atoms with Crippen LogP contribution >= 0.6 is 23.2 Å². The summed E-state index contributed by atoms with van der Waals surface area (Å²) in [6.07, 6.45) is 1.42. The van der Waals surface area contributed by atoms with Gasteiger partial charge in [0.25, 0.3) is 0 Å². The maximum atomic E-state index is 10.7. The Bertz CT molecular complexity index is 627. The molecule has 0 aliphatic carbocycles. The van der Waals surface area contributed by atoms with Gasteiger partial charge < -0.3 is 10.4 Å². The second-order valence-electron chi connectivity index (χ2n) is 3.94. The van der Waals surface area contributed by atoms with E-state index in [1.54, 1.807) is 18.2 Å². The van der Waals surface area contributed by atoms with Crippen LogP contribution in [0.5, 0.6) is 0 Å². The van der Waals surface area contributed by atoms with Crippen molar-refractivity contribution in [3.8, 4) is 0 Å². The van der Waals surface area contributed by atoms with Crippen molar-refractivity contribution in [1.29, 1.82) is 0 Å². The molecule has 1 aromatic heterocycles. The molecule has 2 rings (SSSR count). The fourth-order valence-corrected chi connectivity index (χ4v) is 1.92. The number of nitrogens with zero attached hydrogens (tertiary/aromatic N) is 1. The summed E-state index contributed by atoms with van der Waals surface area (Å²) >= 11 is 12.1. The SMILES string of the molecule is Cc1cc(Cl)c(Nc2ccc(C(=O)O)nc2)cc1Cl. The summed E-state index contributed by atoms with van der Waals surface area (Å²) < 4.78 is 0.